The molecule has 4 fully saturated rings. The molecule has 2 amide bonds. The Morgan fingerprint density at radius 3 is 2.58 bits per heavy atom. The Labute approximate surface area is 195 Å². The summed E-state index contributed by atoms with van der Waals surface area (Å²) < 4.78 is 12.2. The molecule has 0 aromatic heterocycles. The van der Waals surface area contributed by atoms with Gasteiger partial charge in [-0.15, -0.1) is 0 Å². The Balaban J connectivity index is 1.51. The van der Waals surface area contributed by atoms with Crippen LogP contribution in [0, 0.1) is 23.2 Å². The summed E-state index contributed by atoms with van der Waals surface area (Å²) in [5.41, 5.74) is 0.949. The first-order valence-electron chi connectivity index (χ1n) is 12.7. The van der Waals surface area contributed by atoms with Crippen LogP contribution in [0.25, 0.3) is 0 Å². The molecule has 6 rings (SSSR count). The van der Waals surface area contributed by atoms with Crippen molar-refractivity contribution in [3.8, 4) is 0 Å². The zero-order valence-electron chi connectivity index (χ0n) is 19.7. The van der Waals surface area contributed by atoms with Crippen molar-refractivity contribution >= 4 is 17.5 Å². The van der Waals surface area contributed by atoms with Gasteiger partial charge in [-0.25, -0.2) is 4.90 Å². The molecule has 6 nitrogen and oxygen atoms in total. The van der Waals surface area contributed by atoms with Crippen LogP contribution in [0.3, 0.4) is 0 Å². The zero-order chi connectivity index (χ0) is 22.8. The van der Waals surface area contributed by atoms with Gasteiger partial charge in [-0.2, -0.15) is 0 Å². The van der Waals surface area contributed by atoms with Gasteiger partial charge in [0.1, 0.15) is 5.60 Å². The predicted molar refractivity (Wildman–Crippen MR) is 124 cm³/mol. The molecule has 176 valence electrons. The molecule has 2 bridgehead atoms. The number of methoxy groups -OCH3 is 1. The monoisotopic (exact) mass is 450 g/mol. The smallest absolute Gasteiger partial charge is 0.240 e. The summed E-state index contributed by atoms with van der Waals surface area (Å²) in [6.45, 7) is 4.22. The van der Waals surface area contributed by atoms with Crippen LogP contribution in [0.4, 0.5) is 5.69 Å². The van der Waals surface area contributed by atoms with E-state index in [1.165, 1.54) is 10.6 Å². The standard InChI is InChI=1S/C27H34N2O4/c1-3-33-27-16-21(28-15-9-12-19(28)17-32-2)26(14-8-7-13-20(26)27)22-23(27)25(31)29(24(22)30)18-10-5-4-6-11-18/h4-6,10-11,16,19-20,22-23H,3,7-9,12-15,17H2,1-2H3/t19-,20+,22-,23+,26+,27+/m0/s1. The lowest BCUT2D eigenvalue weighted by Crippen LogP contribution is -2.48. The van der Waals surface area contributed by atoms with Crippen LogP contribution in [0.2, 0.25) is 0 Å². The third-order valence-corrected chi connectivity index (χ3v) is 9.14. The van der Waals surface area contributed by atoms with Gasteiger partial charge in [0, 0.05) is 37.3 Å². The number of imide groups is 1. The van der Waals surface area contributed by atoms with E-state index in [0.717, 1.165) is 45.1 Å². The molecule has 1 aromatic rings. The molecule has 1 aromatic carbocycles. The Morgan fingerprint density at radius 1 is 1.03 bits per heavy atom. The molecule has 6 atom stereocenters. The Kier molecular flexibility index (Phi) is 4.97. The van der Waals surface area contributed by atoms with Gasteiger partial charge < -0.3 is 14.4 Å². The molecule has 0 spiro atoms. The van der Waals surface area contributed by atoms with Gasteiger partial charge in [-0.3, -0.25) is 9.59 Å². The highest BCUT2D eigenvalue weighted by molar-refractivity contribution is 6.23. The van der Waals surface area contributed by atoms with Crippen LogP contribution < -0.4 is 4.90 Å². The lowest BCUT2D eigenvalue weighted by Gasteiger charge is -2.46. The second kappa shape index (κ2) is 7.67. The highest BCUT2D eigenvalue weighted by Crippen LogP contribution is 2.74. The Hall–Kier alpha value is -2.18. The molecule has 0 unspecified atom stereocenters. The summed E-state index contributed by atoms with van der Waals surface area (Å²) in [6, 6.07) is 9.76. The van der Waals surface area contributed by atoms with Gasteiger partial charge in [-0.1, -0.05) is 31.0 Å². The Bertz CT molecular complexity index is 993. The van der Waals surface area contributed by atoms with E-state index in [1.807, 2.05) is 37.3 Å². The minimum Gasteiger partial charge on any atom is -0.383 e. The largest absolute Gasteiger partial charge is 0.383 e. The molecule has 2 saturated carbocycles. The number of rotatable bonds is 6. The van der Waals surface area contributed by atoms with Crippen LogP contribution in [0.15, 0.2) is 42.1 Å². The van der Waals surface area contributed by atoms with Crippen LogP contribution >= 0.6 is 0 Å². The maximum Gasteiger partial charge on any atom is 0.240 e. The maximum atomic E-state index is 14.1. The highest BCUT2D eigenvalue weighted by Gasteiger charge is 2.80. The van der Waals surface area contributed by atoms with Gasteiger partial charge in [-0.05, 0) is 50.8 Å². The molecule has 0 N–H and O–H groups in total. The fraction of sp³-hybridized carbons (Fsp3) is 0.630. The van der Waals surface area contributed by atoms with Crippen molar-refractivity contribution in [1.82, 2.24) is 4.90 Å². The van der Waals surface area contributed by atoms with Crippen molar-refractivity contribution in [2.75, 3.05) is 31.8 Å². The van der Waals surface area contributed by atoms with Gasteiger partial charge in [0.25, 0.3) is 0 Å². The van der Waals surface area contributed by atoms with Crippen LogP contribution in [0.5, 0.6) is 0 Å². The van der Waals surface area contributed by atoms with E-state index in [-0.39, 0.29) is 29.1 Å². The van der Waals surface area contributed by atoms with E-state index in [9.17, 15) is 9.59 Å². The van der Waals surface area contributed by atoms with Crippen molar-refractivity contribution in [1.29, 1.82) is 0 Å². The third kappa shape index (κ3) is 2.62. The molecular weight excluding hydrogens is 416 g/mol. The summed E-state index contributed by atoms with van der Waals surface area (Å²) in [4.78, 5) is 32.1. The number of carbonyl (C=O) groups is 2. The number of benzene rings is 1. The van der Waals surface area contributed by atoms with Crippen molar-refractivity contribution in [2.45, 2.75) is 57.1 Å². The van der Waals surface area contributed by atoms with Crippen molar-refractivity contribution in [3.63, 3.8) is 0 Å². The molecule has 6 heteroatoms. The number of anilines is 1. The number of ether oxygens (including phenoxy) is 2. The molecule has 2 aliphatic heterocycles. The normalized spacial score (nSPS) is 39.3. The van der Waals surface area contributed by atoms with Crippen LogP contribution in [-0.2, 0) is 19.1 Å². The second-order valence-corrected chi connectivity index (χ2v) is 10.4. The van der Waals surface area contributed by atoms with Crippen molar-refractivity contribution in [2.24, 2.45) is 23.2 Å². The van der Waals surface area contributed by atoms with E-state index in [1.54, 1.807) is 7.11 Å². The van der Waals surface area contributed by atoms with E-state index >= 15 is 0 Å². The number of likely N-dealkylation sites (tertiary alicyclic amines) is 1. The lowest BCUT2D eigenvalue weighted by molar-refractivity contribution is -0.131. The minimum absolute atomic E-state index is 0.0298. The Morgan fingerprint density at radius 2 is 1.82 bits per heavy atom. The van der Waals surface area contributed by atoms with Crippen LogP contribution in [-0.4, -0.2) is 55.2 Å². The summed E-state index contributed by atoms with van der Waals surface area (Å²) in [7, 11) is 1.77. The molecule has 2 saturated heterocycles. The van der Waals surface area contributed by atoms with E-state index in [4.69, 9.17) is 9.47 Å². The molecule has 0 radical (unpaired) electrons. The van der Waals surface area contributed by atoms with Gasteiger partial charge >= 0.3 is 0 Å². The summed E-state index contributed by atoms with van der Waals surface area (Å²) in [6.07, 6.45) is 8.73. The van der Waals surface area contributed by atoms with Gasteiger partial charge in [0.05, 0.1) is 30.2 Å². The summed E-state index contributed by atoms with van der Waals surface area (Å²) >= 11 is 0. The second-order valence-electron chi connectivity index (χ2n) is 10.4. The number of amides is 2. The fourth-order valence-corrected chi connectivity index (χ4v) is 8.24. The zero-order valence-corrected chi connectivity index (χ0v) is 19.7. The molecule has 3 aliphatic carbocycles. The first-order chi connectivity index (χ1) is 16.1. The number of hydrogen-bond acceptors (Lipinski definition) is 5. The van der Waals surface area contributed by atoms with Crippen LogP contribution in [0.1, 0.15) is 45.4 Å². The first kappa shape index (κ1) is 21.4. The third-order valence-electron chi connectivity index (χ3n) is 9.14. The first-order valence-corrected chi connectivity index (χ1v) is 12.7. The van der Waals surface area contributed by atoms with Gasteiger partial charge in [0.2, 0.25) is 11.8 Å². The average molecular weight is 451 g/mol. The maximum absolute atomic E-state index is 14.1. The number of carbonyl (C=O) groups excluding carboxylic acids is 2. The van der Waals surface area contributed by atoms with Crippen molar-refractivity contribution < 1.29 is 19.1 Å². The SMILES string of the molecule is CCO[C@]12C=C(N3CCC[C@H]3COC)[C@]3(CCCC[C@@H]13)[C@@H]1C(=O)N(c3ccccc3)C(=O)[C@@H]12. The summed E-state index contributed by atoms with van der Waals surface area (Å²) in [5.74, 6) is -0.689. The number of para-hydroxylation sites is 1. The van der Waals surface area contributed by atoms with E-state index < -0.39 is 11.5 Å². The molecule has 2 heterocycles. The lowest BCUT2D eigenvalue weighted by atomic mass is 9.62. The molecule has 5 aliphatic rings. The quantitative estimate of drug-likeness (QED) is 0.618. The van der Waals surface area contributed by atoms with Gasteiger partial charge in [0.15, 0.2) is 0 Å². The topological polar surface area (TPSA) is 59.1 Å². The fourth-order valence-electron chi connectivity index (χ4n) is 8.24. The van der Waals surface area contributed by atoms with Crippen molar-refractivity contribution in [3.05, 3.63) is 42.1 Å². The number of allylic oxidation sites excluding steroid dienone is 1. The average Bonchev–Trinajstić information content (AvgIpc) is 3.53. The minimum atomic E-state index is -0.689. The number of fused-ring (bicyclic) bond motifs is 2. The predicted octanol–water partition coefficient (Wildman–Crippen LogP) is 3.77. The number of hydrogen-bond donors (Lipinski definition) is 0. The van der Waals surface area contributed by atoms with E-state index in [0.29, 0.717) is 24.9 Å². The molecule has 33 heavy (non-hydrogen) atoms. The highest BCUT2D eigenvalue weighted by atomic mass is 16.5. The molecular formula is C27H34N2O4. The summed E-state index contributed by atoms with van der Waals surface area (Å²) in [5, 5.41) is 0. The number of nitrogens with zero attached hydrogens (tertiary/aromatic N) is 2. The van der Waals surface area contributed by atoms with E-state index in [2.05, 4.69) is 11.0 Å².